The van der Waals surface area contributed by atoms with Crippen LogP contribution in [0.4, 0.5) is 0 Å². The Bertz CT molecular complexity index is 341. The monoisotopic (exact) mass is 257 g/mol. The molecule has 0 amide bonds. The summed E-state index contributed by atoms with van der Waals surface area (Å²) in [5, 5.41) is 10.6. The van der Waals surface area contributed by atoms with Crippen molar-refractivity contribution in [1.29, 1.82) is 0 Å². The van der Waals surface area contributed by atoms with E-state index >= 15 is 0 Å². The summed E-state index contributed by atoms with van der Waals surface area (Å²) < 4.78 is 10.3. The maximum absolute atomic E-state index is 5.22. The van der Waals surface area contributed by atoms with E-state index in [1.807, 2.05) is 19.9 Å². The number of rotatable bonds is 7. The molecular formula is C11H19N3O2S. The third kappa shape index (κ3) is 6.23. The molecule has 0 saturated carbocycles. The number of hydrogen-bond acceptors (Lipinski definition) is 4. The Morgan fingerprint density at radius 2 is 2.35 bits per heavy atom. The average molecular weight is 257 g/mol. The van der Waals surface area contributed by atoms with Crippen molar-refractivity contribution in [2.45, 2.75) is 26.8 Å². The second kappa shape index (κ2) is 8.03. The number of nitrogens with zero attached hydrogens (tertiary/aromatic N) is 1. The first-order valence-corrected chi connectivity index (χ1v) is 6.15. The van der Waals surface area contributed by atoms with Gasteiger partial charge in [0.1, 0.15) is 0 Å². The van der Waals surface area contributed by atoms with E-state index in [4.69, 9.17) is 21.5 Å². The summed E-state index contributed by atoms with van der Waals surface area (Å²) >= 11 is 5.11. The van der Waals surface area contributed by atoms with Gasteiger partial charge in [0.15, 0.2) is 10.9 Å². The topological polar surface area (TPSA) is 59.3 Å². The number of aromatic nitrogens is 1. The van der Waals surface area contributed by atoms with E-state index in [0.29, 0.717) is 11.7 Å². The summed E-state index contributed by atoms with van der Waals surface area (Å²) in [5.41, 5.74) is 0.873. The smallest absolute Gasteiger partial charge is 0.166 e. The van der Waals surface area contributed by atoms with Crippen LogP contribution in [0.25, 0.3) is 0 Å². The van der Waals surface area contributed by atoms with Crippen LogP contribution in [0.3, 0.4) is 0 Å². The van der Waals surface area contributed by atoms with Crippen molar-refractivity contribution in [3.63, 3.8) is 0 Å². The largest absolute Gasteiger partial charge is 0.382 e. The molecule has 5 nitrogen and oxygen atoms in total. The van der Waals surface area contributed by atoms with Crippen LogP contribution in [0.1, 0.15) is 24.8 Å². The molecule has 0 radical (unpaired) electrons. The van der Waals surface area contributed by atoms with E-state index in [-0.39, 0.29) is 0 Å². The van der Waals surface area contributed by atoms with Crippen molar-refractivity contribution in [3.05, 3.63) is 17.5 Å². The van der Waals surface area contributed by atoms with Gasteiger partial charge in [0, 0.05) is 25.8 Å². The molecule has 6 heteroatoms. The Labute approximate surface area is 107 Å². The zero-order valence-corrected chi connectivity index (χ0v) is 11.1. The molecule has 1 aromatic rings. The van der Waals surface area contributed by atoms with Gasteiger partial charge in [-0.2, -0.15) is 0 Å². The van der Waals surface area contributed by atoms with Gasteiger partial charge in [0.25, 0.3) is 0 Å². The molecule has 0 atom stereocenters. The van der Waals surface area contributed by atoms with Gasteiger partial charge in [-0.25, -0.2) is 0 Å². The third-order valence-electron chi connectivity index (χ3n) is 2.06. The number of hydrogen-bond donors (Lipinski definition) is 2. The van der Waals surface area contributed by atoms with Crippen molar-refractivity contribution in [2.75, 3.05) is 19.8 Å². The van der Waals surface area contributed by atoms with Crippen molar-refractivity contribution >= 4 is 17.3 Å². The summed E-state index contributed by atoms with van der Waals surface area (Å²) in [5.74, 6) is 0.779. The molecule has 0 aliphatic heterocycles. The van der Waals surface area contributed by atoms with Crippen molar-refractivity contribution in [3.8, 4) is 0 Å². The maximum atomic E-state index is 5.22. The highest BCUT2D eigenvalue weighted by Crippen LogP contribution is 2.00. The molecule has 0 aliphatic carbocycles. The fraction of sp³-hybridized carbons (Fsp3) is 0.636. The summed E-state index contributed by atoms with van der Waals surface area (Å²) in [6.07, 6.45) is 0.942. The summed E-state index contributed by atoms with van der Waals surface area (Å²) in [6.45, 7) is 6.75. The molecule has 0 saturated heterocycles. The van der Waals surface area contributed by atoms with Crippen molar-refractivity contribution in [1.82, 2.24) is 15.8 Å². The Balaban J connectivity index is 2.05. The van der Waals surface area contributed by atoms with Crippen LogP contribution in [-0.4, -0.2) is 30.0 Å². The molecular weight excluding hydrogens is 238 g/mol. The normalized spacial score (nSPS) is 10.2. The van der Waals surface area contributed by atoms with Crippen LogP contribution >= 0.6 is 12.2 Å². The van der Waals surface area contributed by atoms with Crippen LogP contribution < -0.4 is 10.6 Å². The predicted molar refractivity (Wildman–Crippen MR) is 69.8 cm³/mol. The third-order valence-corrected chi connectivity index (χ3v) is 2.34. The minimum Gasteiger partial charge on any atom is -0.382 e. The van der Waals surface area contributed by atoms with E-state index in [1.165, 1.54) is 0 Å². The zero-order chi connectivity index (χ0) is 12.5. The molecule has 2 N–H and O–H groups in total. The van der Waals surface area contributed by atoms with Crippen molar-refractivity contribution < 1.29 is 9.26 Å². The quantitative estimate of drug-likeness (QED) is 0.568. The minimum absolute atomic E-state index is 0.554. The first-order valence-electron chi connectivity index (χ1n) is 5.74. The highest BCUT2D eigenvalue weighted by Gasteiger charge is 2.01. The minimum atomic E-state index is 0.554. The predicted octanol–water partition coefficient (Wildman–Crippen LogP) is 1.37. The lowest BCUT2D eigenvalue weighted by molar-refractivity contribution is 0.145. The highest BCUT2D eigenvalue weighted by atomic mass is 32.1. The van der Waals surface area contributed by atoms with Crippen LogP contribution in [0.2, 0.25) is 0 Å². The van der Waals surface area contributed by atoms with Gasteiger partial charge in [0.05, 0.1) is 12.2 Å². The SMILES string of the molecule is CCOCCCNC(=S)NCc1cc(C)no1. The molecule has 0 fully saturated rings. The van der Waals surface area contributed by atoms with Crippen LogP contribution in [0.15, 0.2) is 10.6 Å². The van der Waals surface area contributed by atoms with Gasteiger partial charge < -0.3 is 19.9 Å². The highest BCUT2D eigenvalue weighted by molar-refractivity contribution is 7.80. The lowest BCUT2D eigenvalue weighted by Gasteiger charge is -2.08. The molecule has 96 valence electrons. The van der Waals surface area contributed by atoms with Crippen LogP contribution in [-0.2, 0) is 11.3 Å². The van der Waals surface area contributed by atoms with E-state index in [2.05, 4.69) is 15.8 Å². The molecule has 0 unspecified atom stereocenters. The Morgan fingerprint density at radius 1 is 1.53 bits per heavy atom. The van der Waals surface area contributed by atoms with Crippen LogP contribution in [0, 0.1) is 6.92 Å². The molecule has 1 rings (SSSR count). The number of ether oxygens (including phenoxy) is 1. The molecule has 17 heavy (non-hydrogen) atoms. The molecule has 0 bridgehead atoms. The fourth-order valence-electron chi connectivity index (χ4n) is 1.25. The van der Waals surface area contributed by atoms with Gasteiger partial charge in [0.2, 0.25) is 0 Å². The van der Waals surface area contributed by atoms with Crippen LogP contribution in [0.5, 0.6) is 0 Å². The van der Waals surface area contributed by atoms with Gasteiger partial charge in [-0.05, 0) is 32.5 Å². The maximum Gasteiger partial charge on any atom is 0.166 e. The first-order chi connectivity index (χ1) is 8.22. The zero-order valence-electron chi connectivity index (χ0n) is 10.3. The second-order valence-corrected chi connectivity index (χ2v) is 4.00. The van der Waals surface area contributed by atoms with E-state index in [9.17, 15) is 0 Å². The van der Waals surface area contributed by atoms with E-state index in [1.54, 1.807) is 0 Å². The van der Waals surface area contributed by atoms with Gasteiger partial charge >= 0.3 is 0 Å². The Hall–Kier alpha value is -1.14. The summed E-state index contributed by atoms with van der Waals surface area (Å²) in [4.78, 5) is 0. The number of thiocarbonyl (C=S) groups is 1. The van der Waals surface area contributed by atoms with E-state index in [0.717, 1.165) is 37.6 Å². The van der Waals surface area contributed by atoms with Gasteiger partial charge in [-0.3, -0.25) is 0 Å². The van der Waals surface area contributed by atoms with Crippen molar-refractivity contribution in [2.24, 2.45) is 0 Å². The molecule has 0 spiro atoms. The molecule has 1 aromatic heterocycles. The average Bonchev–Trinajstić information content (AvgIpc) is 2.72. The molecule has 1 heterocycles. The summed E-state index contributed by atoms with van der Waals surface area (Å²) in [7, 11) is 0. The molecule has 0 aliphatic rings. The number of nitrogens with one attached hydrogen (secondary N) is 2. The lowest BCUT2D eigenvalue weighted by atomic mass is 10.4. The van der Waals surface area contributed by atoms with E-state index < -0.39 is 0 Å². The Kier molecular flexibility index (Phi) is 6.57. The first kappa shape index (κ1) is 13.9. The van der Waals surface area contributed by atoms with Gasteiger partial charge in [-0.15, -0.1) is 0 Å². The second-order valence-electron chi connectivity index (χ2n) is 3.59. The summed E-state index contributed by atoms with van der Waals surface area (Å²) in [6, 6.07) is 1.88. The number of aryl methyl sites for hydroxylation is 1. The Morgan fingerprint density at radius 3 is 3.00 bits per heavy atom. The fourth-order valence-corrected chi connectivity index (χ4v) is 1.42. The molecule has 0 aromatic carbocycles. The van der Waals surface area contributed by atoms with Gasteiger partial charge in [-0.1, -0.05) is 5.16 Å². The lowest BCUT2D eigenvalue weighted by Crippen LogP contribution is -2.35. The standard InChI is InChI=1S/C11H19N3O2S/c1-3-15-6-4-5-12-11(17)13-8-10-7-9(2)14-16-10/h7H,3-6,8H2,1-2H3,(H2,12,13,17).